The van der Waals surface area contributed by atoms with Crippen LogP contribution in [0.3, 0.4) is 0 Å². The zero-order chi connectivity index (χ0) is 11.1. The summed E-state index contributed by atoms with van der Waals surface area (Å²) in [6.07, 6.45) is 3.73. The van der Waals surface area contributed by atoms with Gasteiger partial charge in [-0.3, -0.25) is 4.79 Å². The zero-order valence-corrected chi connectivity index (χ0v) is 9.88. The van der Waals surface area contributed by atoms with Gasteiger partial charge in [0.2, 0.25) is 0 Å². The molecule has 0 aromatic heterocycles. The highest BCUT2D eigenvalue weighted by Gasteiger charge is 2.43. The van der Waals surface area contributed by atoms with Gasteiger partial charge in [-0.15, -0.1) is 0 Å². The van der Waals surface area contributed by atoms with Gasteiger partial charge < -0.3 is 10.1 Å². The third-order valence-corrected chi connectivity index (χ3v) is 3.41. The zero-order valence-electron chi connectivity index (χ0n) is 9.88. The Kier molecular flexibility index (Phi) is 2.75. The minimum atomic E-state index is -0.366. The second-order valence-corrected chi connectivity index (χ2v) is 5.77. The Bertz CT molecular complexity index is 257. The molecule has 0 amide bonds. The maximum Gasteiger partial charge on any atom is 0.323 e. The maximum absolute atomic E-state index is 11.9. The van der Waals surface area contributed by atoms with E-state index in [4.69, 9.17) is 4.74 Å². The van der Waals surface area contributed by atoms with Gasteiger partial charge in [-0.2, -0.15) is 0 Å². The van der Waals surface area contributed by atoms with Crippen molar-refractivity contribution in [3.05, 3.63) is 0 Å². The van der Waals surface area contributed by atoms with Crippen LogP contribution < -0.4 is 5.32 Å². The average Bonchev–Trinajstić information content (AvgIpc) is 2.57. The second kappa shape index (κ2) is 3.78. The lowest BCUT2D eigenvalue weighted by Gasteiger charge is -2.24. The van der Waals surface area contributed by atoms with Crippen molar-refractivity contribution >= 4 is 5.97 Å². The van der Waals surface area contributed by atoms with Crippen molar-refractivity contribution in [2.75, 3.05) is 6.54 Å². The Morgan fingerprint density at radius 3 is 2.73 bits per heavy atom. The first-order chi connectivity index (χ1) is 6.97. The number of hydrogen-bond acceptors (Lipinski definition) is 3. The normalized spacial score (nSPS) is 35.3. The highest BCUT2D eigenvalue weighted by molar-refractivity contribution is 5.77. The molecule has 1 heterocycles. The molecule has 1 saturated carbocycles. The van der Waals surface area contributed by atoms with Gasteiger partial charge in [-0.1, -0.05) is 6.42 Å². The molecule has 2 fully saturated rings. The average molecular weight is 211 g/mol. The number of fused-ring (bicyclic) bond motifs is 1. The Hall–Kier alpha value is -0.570. The standard InChI is InChI=1S/C12H21NO2/c1-12(2,3)15-11(14)10-9-6-4-5-8(9)7-13-10/h8-10,13H,4-7H2,1-3H3/t8?,9?,10-/m0/s1. The molecular weight excluding hydrogens is 190 g/mol. The lowest BCUT2D eigenvalue weighted by Crippen LogP contribution is -2.40. The molecule has 0 spiro atoms. The molecule has 0 aromatic carbocycles. The van der Waals surface area contributed by atoms with Crippen molar-refractivity contribution in [2.45, 2.75) is 51.7 Å². The molecule has 0 radical (unpaired) electrons. The molecule has 3 nitrogen and oxygen atoms in total. The number of nitrogens with one attached hydrogen (secondary N) is 1. The number of hydrogen-bond donors (Lipinski definition) is 1. The molecule has 86 valence electrons. The minimum Gasteiger partial charge on any atom is -0.459 e. The fourth-order valence-electron chi connectivity index (χ4n) is 2.81. The van der Waals surface area contributed by atoms with Crippen LogP contribution in [-0.4, -0.2) is 24.2 Å². The van der Waals surface area contributed by atoms with Crippen LogP contribution in [0.2, 0.25) is 0 Å². The summed E-state index contributed by atoms with van der Waals surface area (Å²) in [6, 6.07) is -0.0447. The predicted molar refractivity (Wildman–Crippen MR) is 58.5 cm³/mol. The molecule has 3 heteroatoms. The molecule has 1 aliphatic heterocycles. The van der Waals surface area contributed by atoms with E-state index >= 15 is 0 Å². The van der Waals surface area contributed by atoms with Gasteiger partial charge in [-0.25, -0.2) is 0 Å². The predicted octanol–water partition coefficient (Wildman–Crippen LogP) is 1.72. The van der Waals surface area contributed by atoms with Crippen LogP contribution in [-0.2, 0) is 9.53 Å². The van der Waals surface area contributed by atoms with Crippen LogP contribution in [0.4, 0.5) is 0 Å². The SMILES string of the molecule is CC(C)(C)OC(=O)[C@H]1NCC2CCCC21. The van der Waals surface area contributed by atoms with Crippen molar-refractivity contribution < 1.29 is 9.53 Å². The number of carbonyl (C=O) groups is 1. The first-order valence-electron chi connectivity index (χ1n) is 5.93. The van der Waals surface area contributed by atoms with E-state index in [2.05, 4.69) is 5.32 Å². The molecule has 2 unspecified atom stereocenters. The molecule has 15 heavy (non-hydrogen) atoms. The van der Waals surface area contributed by atoms with Gasteiger partial charge in [0.05, 0.1) is 0 Å². The molecule has 1 saturated heterocycles. The van der Waals surface area contributed by atoms with Crippen molar-refractivity contribution in [3.63, 3.8) is 0 Å². The second-order valence-electron chi connectivity index (χ2n) is 5.77. The van der Waals surface area contributed by atoms with Crippen molar-refractivity contribution in [1.82, 2.24) is 5.32 Å². The summed E-state index contributed by atoms with van der Waals surface area (Å²) in [4.78, 5) is 11.9. The molecule has 1 aliphatic carbocycles. The van der Waals surface area contributed by atoms with Gasteiger partial charge in [0, 0.05) is 0 Å². The van der Waals surface area contributed by atoms with Gasteiger partial charge in [-0.05, 0) is 52.0 Å². The van der Waals surface area contributed by atoms with E-state index in [0.717, 1.165) is 6.54 Å². The van der Waals surface area contributed by atoms with Crippen LogP contribution in [0, 0.1) is 11.8 Å². The molecule has 0 aromatic rings. The summed E-state index contributed by atoms with van der Waals surface area (Å²) >= 11 is 0. The van der Waals surface area contributed by atoms with E-state index in [1.807, 2.05) is 20.8 Å². The summed E-state index contributed by atoms with van der Waals surface area (Å²) in [5.74, 6) is 1.18. The van der Waals surface area contributed by atoms with E-state index in [9.17, 15) is 4.79 Å². The largest absolute Gasteiger partial charge is 0.459 e. The molecule has 0 bridgehead atoms. The number of rotatable bonds is 1. The van der Waals surface area contributed by atoms with Crippen LogP contribution in [0.15, 0.2) is 0 Å². The monoisotopic (exact) mass is 211 g/mol. The number of ether oxygens (including phenoxy) is 1. The van der Waals surface area contributed by atoms with Gasteiger partial charge >= 0.3 is 5.97 Å². The van der Waals surface area contributed by atoms with E-state index in [1.165, 1.54) is 19.3 Å². The summed E-state index contributed by atoms with van der Waals surface area (Å²) in [7, 11) is 0. The summed E-state index contributed by atoms with van der Waals surface area (Å²) < 4.78 is 5.43. The highest BCUT2D eigenvalue weighted by Crippen LogP contribution is 2.38. The van der Waals surface area contributed by atoms with E-state index in [0.29, 0.717) is 11.8 Å². The summed E-state index contributed by atoms with van der Waals surface area (Å²) in [5, 5.41) is 3.31. The first kappa shape index (κ1) is 10.9. The highest BCUT2D eigenvalue weighted by atomic mass is 16.6. The third kappa shape index (κ3) is 2.33. The lowest BCUT2D eigenvalue weighted by atomic mass is 9.94. The number of carbonyl (C=O) groups excluding carboxylic acids is 1. The minimum absolute atomic E-state index is 0.0447. The Morgan fingerprint density at radius 1 is 1.33 bits per heavy atom. The van der Waals surface area contributed by atoms with E-state index in [1.54, 1.807) is 0 Å². The smallest absolute Gasteiger partial charge is 0.323 e. The van der Waals surface area contributed by atoms with Gasteiger partial charge in [0.1, 0.15) is 11.6 Å². The first-order valence-corrected chi connectivity index (χ1v) is 5.93. The van der Waals surface area contributed by atoms with Gasteiger partial charge in [0.25, 0.3) is 0 Å². The number of esters is 1. The lowest BCUT2D eigenvalue weighted by molar-refractivity contribution is -0.158. The topological polar surface area (TPSA) is 38.3 Å². The fraction of sp³-hybridized carbons (Fsp3) is 0.917. The Labute approximate surface area is 91.6 Å². The quantitative estimate of drug-likeness (QED) is 0.671. The van der Waals surface area contributed by atoms with E-state index < -0.39 is 0 Å². The van der Waals surface area contributed by atoms with Crippen molar-refractivity contribution in [2.24, 2.45) is 11.8 Å². The molecule has 3 atom stereocenters. The Morgan fingerprint density at radius 2 is 2.07 bits per heavy atom. The fourth-order valence-corrected chi connectivity index (χ4v) is 2.81. The van der Waals surface area contributed by atoms with Crippen LogP contribution in [0.1, 0.15) is 40.0 Å². The third-order valence-electron chi connectivity index (χ3n) is 3.41. The summed E-state index contributed by atoms with van der Waals surface area (Å²) in [5.41, 5.74) is -0.366. The van der Waals surface area contributed by atoms with Crippen molar-refractivity contribution in [3.8, 4) is 0 Å². The van der Waals surface area contributed by atoms with Crippen LogP contribution in [0.5, 0.6) is 0 Å². The van der Waals surface area contributed by atoms with Crippen LogP contribution >= 0.6 is 0 Å². The molecular formula is C12H21NO2. The maximum atomic E-state index is 11.9. The Balaban J connectivity index is 1.96. The molecule has 2 rings (SSSR count). The van der Waals surface area contributed by atoms with Crippen molar-refractivity contribution in [1.29, 1.82) is 0 Å². The molecule has 1 N–H and O–H groups in total. The molecule has 2 aliphatic rings. The summed E-state index contributed by atoms with van der Waals surface area (Å²) in [6.45, 7) is 6.76. The van der Waals surface area contributed by atoms with Crippen LogP contribution in [0.25, 0.3) is 0 Å². The van der Waals surface area contributed by atoms with E-state index in [-0.39, 0.29) is 17.6 Å². The van der Waals surface area contributed by atoms with Gasteiger partial charge in [0.15, 0.2) is 0 Å².